The van der Waals surface area contributed by atoms with Gasteiger partial charge in [0.25, 0.3) is 0 Å². The Morgan fingerprint density at radius 3 is 2.57 bits per heavy atom. The Labute approximate surface area is 123 Å². The van der Waals surface area contributed by atoms with Crippen molar-refractivity contribution >= 4 is 23.2 Å². The highest BCUT2D eigenvalue weighted by Crippen LogP contribution is 2.28. The van der Waals surface area contributed by atoms with Crippen LogP contribution in [0.2, 0.25) is 0 Å². The van der Waals surface area contributed by atoms with Crippen LogP contribution in [0.5, 0.6) is 5.75 Å². The van der Waals surface area contributed by atoms with E-state index in [0.29, 0.717) is 30.2 Å². The standard InChI is InChI=1S/C14H21N3O4/c1-9(18)16-10-4-5-13(21-3)12(8-10)17-14(19)11(15)6-7-20-2/h4-5,8,11H,6-7,15H2,1-3H3,(H,16,18)(H,17,19). The highest BCUT2D eigenvalue weighted by atomic mass is 16.5. The summed E-state index contributed by atoms with van der Waals surface area (Å²) in [6, 6.07) is 4.27. The second kappa shape index (κ2) is 8.23. The predicted molar refractivity (Wildman–Crippen MR) is 80.4 cm³/mol. The van der Waals surface area contributed by atoms with Crippen molar-refractivity contribution in [2.75, 3.05) is 31.5 Å². The quantitative estimate of drug-likeness (QED) is 0.695. The average Bonchev–Trinajstić information content (AvgIpc) is 2.44. The average molecular weight is 295 g/mol. The Balaban J connectivity index is 2.84. The summed E-state index contributed by atoms with van der Waals surface area (Å²) >= 11 is 0. The van der Waals surface area contributed by atoms with Gasteiger partial charge in [0, 0.05) is 26.3 Å². The number of hydrogen-bond acceptors (Lipinski definition) is 5. The van der Waals surface area contributed by atoms with Gasteiger partial charge in [-0.15, -0.1) is 0 Å². The second-order valence-corrected chi connectivity index (χ2v) is 4.47. The third-order valence-corrected chi connectivity index (χ3v) is 2.75. The van der Waals surface area contributed by atoms with E-state index in [9.17, 15) is 9.59 Å². The first-order chi connectivity index (χ1) is 9.97. The van der Waals surface area contributed by atoms with E-state index in [4.69, 9.17) is 15.2 Å². The van der Waals surface area contributed by atoms with E-state index in [2.05, 4.69) is 10.6 Å². The van der Waals surface area contributed by atoms with Crippen molar-refractivity contribution in [3.8, 4) is 5.75 Å². The molecule has 0 heterocycles. The first kappa shape index (κ1) is 16.9. The molecule has 0 bridgehead atoms. The summed E-state index contributed by atoms with van der Waals surface area (Å²) in [5, 5.41) is 5.32. The van der Waals surface area contributed by atoms with E-state index in [1.54, 1.807) is 25.3 Å². The lowest BCUT2D eigenvalue weighted by Crippen LogP contribution is -2.36. The molecule has 116 valence electrons. The number of nitrogens with two attached hydrogens (primary N) is 1. The van der Waals surface area contributed by atoms with Crippen LogP contribution in [0.4, 0.5) is 11.4 Å². The third-order valence-electron chi connectivity index (χ3n) is 2.75. The summed E-state index contributed by atoms with van der Waals surface area (Å²) in [4.78, 5) is 23.0. The number of carbonyl (C=O) groups excluding carboxylic acids is 2. The summed E-state index contributed by atoms with van der Waals surface area (Å²) in [5.74, 6) is -0.0593. The van der Waals surface area contributed by atoms with Gasteiger partial charge >= 0.3 is 0 Å². The molecule has 0 spiro atoms. The number of ether oxygens (including phenoxy) is 2. The fraction of sp³-hybridized carbons (Fsp3) is 0.429. The monoisotopic (exact) mass is 295 g/mol. The Hall–Kier alpha value is -2.12. The molecule has 1 aromatic rings. The van der Waals surface area contributed by atoms with Crippen molar-refractivity contribution in [3.05, 3.63) is 18.2 Å². The van der Waals surface area contributed by atoms with Gasteiger partial charge in [0.15, 0.2) is 0 Å². The zero-order chi connectivity index (χ0) is 15.8. The Bertz CT molecular complexity index is 505. The molecular weight excluding hydrogens is 274 g/mol. The number of hydrogen-bond donors (Lipinski definition) is 3. The third kappa shape index (κ3) is 5.41. The van der Waals surface area contributed by atoms with E-state index in [-0.39, 0.29) is 11.8 Å². The number of amides is 2. The Morgan fingerprint density at radius 2 is 2.00 bits per heavy atom. The van der Waals surface area contributed by atoms with Gasteiger partial charge in [0.05, 0.1) is 18.8 Å². The number of nitrogens with one attached hydrogen (secondary N) is 2. The summed E-state index contributed by atoms with van der Waals surface area (Å²) < 4.78 is 10.1. The van der Waals surface area contributed by atoms with Gasteiger partial charge in [0.1, 0.15) is 5.75 Å². The molecule has 7 heteroatoms. The van der Waals surface area contributed by atoms with Crippen molar-refractivity contribution in [2.24, 2.45) is 5.73 Å². The van der Waals surface area contributed by atoms with Gasteiger partial charge in [0.2, 0.25) is 11.8 Å². The van der Waals surface area contributed by atoms with Crippen molar-refractivity contribution in [3.63, 3.8) is 0 Å². The van der Waals surface area contributed by atoms with Gasteiger partial charge in [-0.1, -0.05) is 0 Å². The maximum absolute atomic E-state index is 12.0. The summed E-state index contributed by atoms with van der Waals surface area (Å²) in [6.45, 7) is 1.81. The molecular formula is C14H21N3O4. The van der Waals surface area contributed by atoms with Crippen LogP contribution in [-0.2, 0) is 14.3 Å². The Kier molecular flexibility index (Phi) is 6.64. The zero-order valence-electron chi connectivity index (χ0n) is 12.4. The largest absolute Gasteiger partial charge is 0.495 e. The van der Waals surface area contributed by atoms with Crippen molar-refractivity contribution in [1.82, 2.24) is 0 Å². The number of carbonyl (C=O) groups is 2. The molecule has 0 aromatic heterocycles. The molecule has 0 saturated carbocycles. The number of anilines is 2. The number of benzene rings is 1. The summed E-state index contributed by atoms with van der Waals surface area (Å²) in [6.07, 6.45) is 0.413. The zero-order valence-corrected chi connectivity index (χ0v) is 12.4. The second-order valence-electron chi connectivity index (χ2n) is 4.47. The SMILES string of the molecule is COCCC(N)C(=O)Nc1cc(NC(C)=O)ccc1OC. The lowest BCUT2D eigenvalue weighted by Gasteiger charge is -2.15. The normalized spacial score (nSPS) is 11.6. The van der Waals surface area contributed by atoms with Gasteiger partial charge in [-0.05, 0) is 24.6 Å². The van der Waals surface area contributed by atoms with Crippen LogP contribution < -0.4 is 21.1 Å². The highest BCUT2D eigenvalue weighted by molar-refractivity contribution is 5.97. The molecule has 1 unspecified atom stereocenters. The van der Waals surface area contributed by atoms with E-state index in [1.807, 2.05) is 0 Å². The maximum atomic E-state index is 12.0. The molecule has 7 nitrogen and oxygen atoms in total. The number of methoxy groups -OCH3 is 2. The van der Waals surface area contributed by atoms with Crippen LogP contribution in [0.1, 0.15) is 13.3 Å². The molecule has 0 radical (unpaired) electrons. The van der Waals surface area contributed by atoms with Crippen molar-refractivity contribution < 1.29 is 19.1 Å². The smallest absolute Gasteiger partial charge is 0.241 e. The maximum Gasteiger partial charge on any atom is 0.241 e. The van der Waals surface area contributed by atoms with E-state index in [0.717, 1.165) is 0 Å². The molecule has 0 fully saturated rings. The molecule has 4 N–H and O–H groups in total. The van der Waals surface area contributed by atoms with Crippen LogP contribution in [0.15, 0.2) is 18.2 Å². The molecule has 0 aliphatic carbocycles. The van der Waals surface area contributed by atoms with Gasteiger partial charge < -0.3 is 25.8 Å². The molecule has 0 saturated heterocycles. The highest BCUT2D eigenvalue weighted by Gasteiger charge is 2.15. The van der Waals surface area contributed by atoms with Crippen LogP contribution in [0.25, 0.3) is 0 Å². The molecule has 1 aromatic carbocycles. The summed E-state index contributed by atoms with van der Waals surface area (Å²) in [5.41, 5.74) is 6.76. The topological polar surface area (TPSA) is 103 Å². The van der Waals surface area contributed by atoms with Crippen LogP contribution in [0, 0.1) is 0 Å². The van der Waals surface area contributed by atoms with Crippen LogP contribution >= 0.6 is 0 Å². The fourth-order valence-electron chi connectivity index (χ4n) is 1.69. The van der Waals surface area contributed by atoms with E-state index < -0.39 is 6.04 Å². The first-order valence-electron chi connectivity index (χ1n) is 6.49. The lowest BCUT2D eigenvalue weighted by atomic mass is 10.2. The molecule has 0 aliphatic rings. The van der Waals surface area contributed by atoms with Crippen LogP contribution in [0.3, 0.4) is 0 Å². The van der Waals surface area contributed by atoms with Crippen molar-refractivity contribution in [2.45, 2.75) is 19.4 Å². The number of rotatable bonds is 7. The minimum atomic E-state index is -0.681. The minimum Gasteiger partial charge on any atom is -0.495 e. The van der Waals surface area contributed by atoms with E-state index in [1.165, 1.54) is 14.0 Å². The van der Waals surface area contributed by atoms with Gasteiger partial charge in [-0.3, -0.25) is 9.59 Å². The van der Waals surface area contributed by atoms with Gasteiger partial charge in [-0.2, -0.15) is 0 Å². The molecule has 2 amide bonds. The minimum absolute atomic E-state index is 0.200. The molecule has 1 rings (SSSR count). The molecule has 0 aliphatic heterocycles. The van der Waals surface area contributed by atoms with Crippen molar-refractivity contribution in [1.29, 1.82) is 0 Å². The fourth-order valence-corrected chi connectivity index (χ4v) is 1.69. The Morgan fingerprint density at radius 1 is 1.29 bits per heavy atom. The molecule has 1 atom stereocenters. The predicted octanol–water partition coefficient (Wildman–Crippen LogP) is 0.956. The first-order valence-corrected chi connectivity index (χ1v) is 6.49. The van der Waals surface area contributed by atoms with Crippen LogP contribution in [-0.4, -0.2) is 38.7 Å². The lowest BCUT2D eigenvalue weighted by molar-refractivity contribution is -0.117. The van der Waals surface area contributed by atoms with E-state index >= 15 is 0 Å². The summed E-state index contributed by atoms with van der Waals surface area (Å²) in [7, 11) is 3.04. The molecule has 21 heavy (non-hydrogen) atoms. The van der Waals surface area contributed by atoms with Gasteiger partial charge in [-0.25, -0.2) is 0 Å².